The van der Waals surface area contributed by atoms with E-state index in [1.807, 2.05) is 6.92 Å². The molecule has 0 saturated carbocycles. The summed E-state index contributed by atoms with van der Waals surface area (Å²) in [5, 5.41) is 0.191. The fourth-order valence-electron chi connectivity index (χ4n) is 1.62. The van der Waals surface area contributed by atoms with Crippen LogP contribution in [0.4, 0.5) is 5.69 Å². The van der Waals surface area contributed by atoms with Gasteiger partial charge < -0.3 is 4.74 Å². The van der Waals surface area contributed by atoms with Gasteiger partial charge in [0.25, 0.3) is 10.0 Å². The molecule has 2 aromatic rings. The van der Waals surface area contributed by atoms with Crippen molar-refractivity contribution in [3.05, 3.63) is 45.8 Å². The topological polar surface area (TPSA) is 72.5 Å². The minimum Gasteiger partial charge on any atom is -0.465 e. The molecular formula is C13H12ClNO4S2. The van der Waals surface area contributed by atoms with E-state index in [0.29, 0.717) is 0 Å². The van der Waals surface area contributed by atoms with Gasteiger partial charge in [-0.1, -0.05) is 11.6 Å². The highest BCUT2D eigenvalue weighted by atomic mass is 35.5. The molecule has 1 heterocycles. The predicted octanol–water partition coefficient (Wildman–Crippen LogP) is 3.30. The van der Waals surface area contributed by atoms with Crippen LogP contribution in [0.3, 0.4) is 0 Å². The second-order valence-electron chi connectivity index (χ2n) is 4.16. The fourth-order valence-corrected chi connectivity index (χ4v) is 4.14. The number of aryl methyl sites for hydroxylation is 1. The fraction of sp³-hybridized carbons (Fsp3) is 0.154. The van der Waals surface area contributed by atoms with Crippen molar-refractivity contribution in [2.75, 3.05) is 11.8 Å². The van der Waals surface area contributed by atoms with Crippen LogP contribution in [0.25, 0.3) is 0 Å². The average molecular weight is 346 g/mol. The molecule has 0 amide bonds. The molecule has 5 nitrogen and oxygen atoms in total. The lowest BCUT2D eigenvalue weighted by Gasteiger charge is -2.08. The predicted molar refractivity (Wildman–Crippen MR) is 82.7 cm³/mol. The van der Waals surface area contributed by atoms with E-state index in [9.17, 15) is 13.2 Å². The molecule has 0 bridgehead atoms. The van der Waals surface area contributed by atoms with Crippen molar-refractivity contribution in [2.45, 2.75) is 11.1 Å². The van der Waals surface area contributed by atoms with Crippen molar-refractivity contribution in [3.63, 3.8) is 0 Å². The van der Waals surface area contributed by atoms with Crippen LogP contribution < -0.4 is 4.72 Å². The van der Waals surface area contributed by atoms with Crippen molar-refractivity contribution in [1.29, 1.82) is 0 Å². The van der Waals surface area contributed by atoms with Crippen LogP contribution in [0.2, 0.25) is 5.02 Å². The monoisotopic (exact) mass is 345 g/mol. The van der Waals surface area contributed by atoms with E-state index >= 15 is 0 Å². The van der Waals surface area contributed by atoms with Gasteiger partial charge in [-0.3, -0.25) is 4.72 Å². The lowest BCUT2D eigenvalue weighted by molar-refractivity contribution is 0.0601. The molecule has 0 spiro atoms. The number of thiophene rings is 1. The van der Waals surface area contributed by atoms with E-state index in [2.05, 4.69) is 9.46 Å². The van der Waals surface area contributed by atoms with Gasteiger partial charge in [0.05, 0.1) is 17.7 Å². The molecule has 21 heavy (non-hydrogen) atoms. The zero-order chi connectivity index (χ0) is 15.6. The molecule has 0 saturated heterocycles. The van der Waals surface area contributed by atoms with Crippen LogP contribution >= 0.6 is 22.9 Å². The van der Waals surface area contributed by atoms with Gasteiger partial charge in [0.2, 0.25) is 0 Å². The second-order valence-corrected chi connectivity index (χ2v) is 7.76. The van der Waals surface area contributed by atoms with Crippen LogP contribution in [0.1, 0.15) is 15.2 Å². The Morgan fingerprint density at radius 1 is 1.29 bits per heavy atom. The number of nitrogens with one attached hydrogen (secondary N) is 1. The van der Waals surface area contributed by atoms with Gasteiger partial charge in [-0.2, -0.15) is 0 Å². The largest absolute Gasteiger partial charge is 0.465 e. The number of sulfonamides is 1. The number of benzene rings is 1. The minimum atomic E-state index is -3.68. The maximum Gasteiger partial charge on any atom is 0.339 e. The molecular weight excluding hydrogens is 334 g/mol. The highest BCUT2D eigenvalue weighted by Crippen LogP contribution is 2.26. The smallest absolute Gasteiger partial charge is 0.339 e. The first-order valence-electron chi connectivity index (χ1n) is 5.80. The summed E-state index contributed by atoms with van der Waals surface area (Å²) < 4.78 is 31.6. The van der Waals surface area contributed by atoms with Gasteiger partial charge in [-0.25, -0.2) is 13.2 Å². The standard InChI is InChI=1S/C13H12ClNO4S2/c1-8-3-6-12(20-8)21(17,18)15-9-4-5-11(14)10(7-9)13(16)19-2/h3-7,15H,1-2H3. The Kier molecular flexibility index (Phi) is 4.55. The van der Waals surface area contributed by atoms with Crippen LogP contribution in [0, 0.1) is 6.92 Å². The van der Waals surface area contributed by atoms with Gasteiger partial charge in [0.15, 0.2) is 0 Å². The molecule has 112 valence electrons. The summed E-state index contributed by atoms with van der Waals surface area (Å²) >= 11 is 7.05. The number of halogens is 1. The Morgan fingerprint density at radius 2 is 2.00 bits per heavy atom. The molecule has 0 aliphatic heterocycles. The third-order valence-electron chi connectivity index (χ3n) is 2.60. The lowest BCUT2D eigenvalue weighted by Crippen LogP contribution is -2.12. The third-order valence-corrected chi connectivity index (χ3v) is 5.81. The Bertz CT molecular complexity index is 783. The highest BCUT2D eigenvalue weighted by molar-refractivity contribution is 7.94. The Morgan fingerprint density at radius 3 is 2.57 bits per heavy atom. The second kappa shape index (κ2) is 6.05. The first-order chi connectivity index (χ1) is 9.83. The molecule has 1 aromatic carbocycles. The molecule has 0 unspecified atom stereocenters. The summed E-state index contributed by atoms with van der Waals surface area (Å²) in [7, 11) is -2.46. The molecule has 0 aliphatic carbocycles. The highest BCUT2D eigenvalue weighted by Gasteiger charge is 2.18. The molecule has 0 fully saturated rings. The summed E-state index contributed by atoms with van der Waals surface area (Å²) in [4.78, 5) is 12.4. The van der Waals surface area contributed by atoms with Crippen LogP contribution in [0.5, 0.6) is 0 Å². The summed E-state index contributed by atoms with van der Waals surface area (Å²) in [5.41, 5.74) is 0.340. The lowest BCUT2D eigenvalue weighted by atomic mass is 10.2. The molecule has 0 radical (unpaired) electrons. The van der Waals surface area contributed by atoms with Gasteiger partial charge in [0, 0.05) is 10.6 Å². The van der Waals surface area contributed by atoms with E-state index in [-0.39, 0.29) is 20.5 Å². The normalized spacial score (nSPS) is 11.2. The molecule has 0 atom stereocenters. The summed E-state index contributed by atoms with van der Waals surface area (Å²) in [5.74, 6) is -0.631. The maximum atomic E-state index is 12.2. The first-order valence-corrected chi connectivity index (χ1v) is 8.48. The molecule has 1 N–H and O–H groups in total. The van der Waals surface area contributed by atoms with Crippen LogP contribution in [0.15, 0.2) is 34.5 Å². The number of methoxy groups -OCH3 is 1. The van der Waals surface area contributed by atoms with Crippen molar-refractivity contribution >= 4 is 44.6 Å². The third kappa shape index (κ3) is 3.55. The number of rotatable bonds is 4. The zero-order valence-corrected chi connectivity index (χ0v) is 13.6. The summed E-state index contributed by atoms with van der Waals surface area (Å²) in [6.07, 6.45) is 0. The van der Waals surface area contributed by atoms with E-state index < -0.39 is 16.0 Å². The number of esters is 1. The number of ether oxygens (including phenoxy) is 1. The zero-order valence-electron chi connectivity index (χ0n) is 11.2. The minimum absolute atomic E-state index is 0.0988. The SMILES string of the molecule is COC(=O)c1cc(NS(=O)(=O)c2ccc(C)s2)ccc1Cl. The van der Waals surface area contributed by atoms with E-state index in [4.69, 9.17) is 11.6 Å². The number of anilines is 1. The Balaban J connectivity index is 2.34. The molecule has 1 aromatic heterocycles. The Hall–Kier alpha value is -1.57. The molecule has 8 heteroatoms. The van der Waals surface area contributed by atoms with Gasteiger partial charge >= 0.3 is 5.97 Å². The summed E-state index contributed by atoms with van der Waals surface area (Å²) in [6, 6.07) is 7.50. The van der Waals surface area contributed by atoms with Gasteiger partial charge in [0.1, 0.15) is 4.21 Å². The van der Waals surface area contributed by atoms with E-state index in [0.717, 1.165) is 16.2 Å². The van der Waals surface area contributed by atoms with Crippen LogP contribution in [-0.4, -0.2) is 21.5 Å². The molecule has 0 aliphatic rings. The summed E-state index contributed by atoms with van der Waals surface area (Å²) in [6.45, 7) is 1.82. The van der Waals surface area contributed by atoms with Gasteiger partial charge in [-0.15, -0.1) is 11.3 Å². The maximum absolute atomic E-state index is 12.2. The average Bonchev–Trinajstić information content (AvgIpc) is 2.87. The van der Waals surface area contributed by atoms with Crippen molar-refractivity contribution in [2.24, 2.45) is 0 Å². The van der Waals surface area contributed by atoms with E-state index in [1.54, 1.807) is 6.07 Å². The van der Waals surface area contributed by atoms with Crippen LogP contribution in [-0.2, 0) is 14.8 Å². The van der Waals surface area contributed by atoms with E-state index in [1.165, 1.54) is 31.4 Å². The number of carbonyl (C=O) groups excluding carboxylic acids is 1. The van der Waals surface area contributed by atoms with Gasteiger partial charge in [-0.05, 0) is 37.3 Å². The Labute approximate surface area is 131 Å². The van der Waals surface area contributed by atoms with Crippen molar-refractivity contribution in [1.82, 2.24) is 0 Å². The number of hydrogen-bond donors (Lipinski definition) is 1. The number of hydrogen-bond acceptors (Lipinski definition) is 5. The van der Waals surface area contributed by atoms with Crippen molar-refractivity contribution < 1.29 is 17.9 Å². The van der Waals surface area contributed by atoms with Crippen molar-refractivity contribution in [3.8, 4) is 0 Å². The molecule has 2 rings (SSSR count). The first kappa shape index (κ1) is 15.8. The quantitative estimate of drug-likeness (QED) is 0.863. The number of carbonyl (C=O) groups is 1.